The Morgan fingerprint density at radius 1 is 1.37 bits per heavy atom. The maximum atomic E-state index is 11.6. The second-order valence-electron chi connectivity index (χ2n) is 4.69. The number of hydrogen-bond acceptors (Lipinski definition) is 3. The number of amides is 1. The molecule has 0 fully saturated rings. The Labute approximate surface area is 111 Å². The lowest BCUT2D eigenvalue weighted by Gasteiger charge is -2.23. The Morgan fingerprint density at radius 2 is 2.16 bits per heavy atom. The van der Waals surface area contributed by atoms with Gasteiger partial charge in [0.1, 0.15) is 5.82 Å². The van der Waals surface area contributed by atoms with Crippen molar-refractivity contribution in [2.24, 2.45) is 0 Å². The zero-order valence-corrected chi connectivity index (χ0v) is 10.8. The van der Waals surface area contributed by atoms with E-state index in [4.69, 9.17) is 0 Å². The van der Waals surface area contributed by atoms with E-state index in [9.17, 15) is 4.79 Å². The number of hydrogen-bond donors (Lipinski definition) is 1. The fourth-order valence-electron chi connectivity index (χ4n) is 2.54. The predicted octanol–water partition coefficient (Wildman–Crippen LogP) is 1.56. The van der Waals surface area contributed by atoms with Gasteiger partial charge in [-0.25, -0.2) is 9.67 Å². The Balaban J connectivity index is 2.00. The molecule has 5 nitrogen and oxygen atoms in total. The van der Waals surface area contributed by atoms with Crippen LogP contribution in [-0.2, 0) is 6.42 Å². The highest BCUT2D eigenvalue weighted by Crippen LogP contribution is 2.29. The highest BCUT2D eigenvalue weighted by Gasteiger charge is 2.25. The average Bonchev–Trinajstić information content (AvgIpc) is 2.91. The van der Waals surface area contributed by atoms with Gasteiger partial charge in [0.25, 0.3) is 5.91 Å². The molecular weight excluding hydrogens is 240 g/mol. The minimum absolute atomic E-state index is 0.191. The normalized spacial score (nSPS) is 17.8. The molecule has 2 heterocycles. The minimum Gasteiger partial charge on any atom is -0.352 e. The maximum Gasteiger partial charge on any atom is 0.290 e. The van der Waals surface area contributed by atoms with Crippen molar-refractivity contribution in [2.75, 3.05) is 7.05 Å². The van der Waals surface area contributed by atoms with Crippen LogP contribution < -0.4 is 5.32 Å². The fraction of sp³-hybridized carbons (Fsp3) is 0.357. The molecule has 0 aliphatic carbocycles. The number of nitrogens with one attached hydrogen (secondary N) is 1. The molecule has 1 amide bonds. The van der Waals surface area contributed by atoms with Crippen LogP contribution in [0.5, 0.6) is 0 Å². The van der Waals surface area contributed by atoms with Crippen LogP contribution in [0.25, 0.3) is 0 Å². The molecular formula is C14H16N4O. The minimum atomic E-state index is -0.228. The van der Waals surface area contributed by atoms with Crippen LogP contribution in [0.15, 0.2) is 30.3 Å². The van der Waals surface area contributed by atoms with Crippen LogP contribution in [0.1, 0.15) is 40.9 Å². The molecule has 0 spiro atoms. The number of aryl methyl sites for hydroxylation is 1. The summed E-state index contributed by atoms with van der Waals surface area (Å²) < 4.78 is 1.91. The second kappa shape index (κ2) is 4.84. The molecule has 1 aliphatic heterocycles. The van der Waals surface area contributed by atoms with Crippen molar-refractivity contribution in [3.05, 3.63) is 47.5 Å². The standard InChI is InChI=1S/C14H16N4O/c1-15-14(19)13-16-12-9-5-8-11(18(12)17-13)10-6-3-2-4-7-10/h2-4,6-7,11H,5,8-9H2,1H3,(H,15,19). The zero-order chi connectivity index (χ0) is 13.2. The Hall–Kier alpha value is -2.17. The van der Waals surface area contributed by atoms with E-state index in [2.05, 4.69) is 27.5 Å². The first-order valence-corrected chi connectivity index (χ1v) is 6.52. The molecule has 1 atom stereocenters. The molecule has 1 aliphatic rings. The summed E-state index contributed by atoms with van der Waals surface area (Å²) in [4.78, 5) is 16.0. The highest BCUT2D eigenvalue weighted by atomic mass is 16.2. The van der Waals surface area contributed by atoms with Crippen LogP contribution in [0.3, 0.4) is 0 Å². The van der Waals surface area contributed by atoms with Gasteiger partial charge in [-0.2, -0.15) is 0 Å². The van der Waals surface area contributed by atoms with Gasteiger partial charge < -0.3 is 5.32 Å². The third kappa shape index (κ3) is 2.12. The summed E-state index contributed by atoms with van der Waals surface area (Å²) in [6.45, 7) is 0. The van der Waals surface area contributed by atoms with Gasteiger partial charge in [-0.1, -0.05) is 30.3 Å². The van der Waals surface area contributed by atoms with Crippen molar-refractivity contribution < 1.29 is 4.79 Å². The first-order valence-electron chi connectivity index (χ1n) is 6.52. The smallest absolute Gasteiger partial charge is 0.290 e. The molecule has 0 bridgehead atoms. The highest BCUT2D eigenvalue weighted by molar-refractivity contribution is 5.90. The van der Waals surface area contributed by atoms with Crippen molar-refractivity contribution >= 4 is 5.91 Å². The third-order valence-corrected chi connectivity index (χ3v) is 3.49. The molecule has 2 aromatic rings. The molecule has 5 heteroatoms. The van der Waals surface area contributed by atoms with Gasteiger partial charge in [-0.05, 0) is 18.4 Å². The molecule has 1 aromatic heterocycles. The lowest BCUT2D eigenvalue weighted by atomic mass is 9.98. The number of rotatable bonds is 2. The van der Waals surface area contributed by atoms with Gasteiger partial charge in [0.2, 0.25) is 5.82 Å². The van der Waals surface area contributed by atoms with Crippen molar-refractivity contribution in [1.82, 2.24) is 20.1 Å². The van der Waals surface area contributed by atoms with Crippen LogP contribution in [0.2, 0.25) is 0 Å². The maximum absolute atomic E-state index is 11.6. The molecule has 3 rings (SSSR count). The van der Waals surface area contributed by atoms with E-state index in [1.165, 1.54) is 5.56 Å². The number of aromatic nitrogens is 3. The van der Waals surface area contributed by atoms with Crippen LogP contribution in [0.4, 0.5) is 0 Å². The Morgan fingerprint density at radius 3 is 2.89 bits per heavy atom. The van der Waals surface area contributed by atoms with Crippen molar-refractivity contribution in [3.63, 3.8) is 0 Å². The Kier molecular flexibility index (Phi) is 3.03. The molecule has 98 valence electrons. The van der Waals surface area contributed by atoms with E-state index >= 15 is 0 Å². The summed E-state index contributed by atoms with van der Waals surface area (Å²) in [5.74, 6) is 0.938. The summed E-state index contributed by atoms with van der Waals surface area (Å²) in [6.07, 6.45) is 2.99. The van der Waals surface area contributed by atoms with Crippen LogP contribution in [-0.4, -0.2) is 27.7 Å². The van der Waals surface area contributed by atoms with E-state index in [-0.39, 0.29) is 17.8 Å². The SMILES string of the molecule is CNC(=O)c1nc2n(n1)C(c1ccccc1)CCC2. The quantitative estimate of drug-likeness (QED) is 0.887. The average molecular weight is 256 g/mol. The zero-order valence-electron chi connectivity index (χ0n) is 10.8. The van der Waals surface area contributed by atoms with Gasteiger partial charge in [0.05, 0.1) is 6.04 Å². The van der Waals surface area contributed by atoms with Gasteiger partial charge in [-0.3, -0.25) is 4.79 Å². The molecule has 19 heavy (non-hydrogen) atoms. The molecule has 1 aromatic carbocycles. The number of benzene rings is 1. The first kappa shape index (κ1) is 11.9. The summed E-state index contributed by atoms with van der Waals surface area (Å²) in [7, 11) is 1.59. The third-order valence-electron chi connectivity index (χ3n) is 3.49. The monoisotopic (exact) mass is 256 g/mol. The fourth-order valence-corrected chi connectivity index (χ4v) is 2.54. The van der Waals surface area contributed by atoms with E-state index in [1.807, 2.05) is 22.9 Å². The van der Waals surface area contributed by atoms with Crippen molar-refractivity contribution in [3.8, 4) is 0 Å². The summed E-state index contributed by atoms with van der Waals surface area (Å²) in [5, 5.41) is 6.94. The van der Waals surface area contributed by atoms with Crippen LogP contribution >= 0.6 is 0 Å². The lowest BCUT2D eigenvalue weighted by Crippen LogP contribution is -2.21. The molecule has 1 N–H and O–H groups in total. The lowest BCUT2D eigenvalue weighted by molar-refractivity contribution is 0.0952. The molecule has 0 radical (unpaired) electrons. The number of carbonyl (C=O) groups is 1. The summed E-state index contributed by atoms with van der Waals surface area (Å²) >= 11 is 0. The summed E-state index contributed by atoms with van der Waals surface area (Å²) in [6, 6.07) is 10.4. The second-order valence-corrected chi connectivity index (χ2v) is 4.69. The molecule has 1 unspecified atom stereocenters. The van der Waals surface area contributed by atoms with Gasteiger partial charge in [0.15, 0.2) is 0 Å². The van der Waals surface area contributed by atoms with Crippen LogP contribution in [0, 0.1) is 0 Å². The van der Waals surface area contributed by atoms with Gasteiger partial charge in [0, 0.05) is 13.5 Å². The van der Waals surface area contributed by atoms with E-state index in [0.717, 1.165) is 25.1 Å². The van der Waals surface area contributed by atoms with Gasteiger partial charge in [-0.15, -0.1) is 5.10 Å². The molecule has 0 saturated heterocycles. The van der Waals surface area contributed by atoms with Crippen molar-refractivity contribution in [2.45, 2.75) is 25.3 Å². The first-order chi connectivity index (χ1) is 9.29. The topological polar surface area (TPSA) is 59.8 Å². The van der Waals surface area contributed by atoms with E-state index in [0.29, 0.717) is 0 Å². The van der Waals surface area contributed by atoms with E-state index < -0.39 is 0 Å². The van der Waals surface area contributed by atoms with Gasteiger partial charge >= 0.3 is 0 Å². The van der Waals surface area contributed by atoms with Crippen molar-refractivity contribution in [1.29, 1.82) is 0 Å². The van der Waals surface area contributed by atoms with E-state index in [1.54, 1.807) is 7.05 Å². The Bertz CT molecular complexity index is 591. The summed E-state index contributed by atoms with van der Waals surface area (Å²) in [5.41, 5.74) is 1.22. The molecule has 0 saturated carbocycles. The number of carbonyl (C=O) groups excluding carboxylic acids is 1. The number of fused-ring (bicyclic) bond motifs is 1. The largest absolute Gasteiger partial charge is 0.352 e. The predicted molar refractivity (Wildman–Crippen MR) is 70.9 cm³/mol. The number of nitrogens with zero attached hydrogens (tertiary/aromatic N) is 3.